The Morgan fingerprint density at radius 1 is 0.806 bits per heavy atom. The number of aromatic hydroxyl groups is 2. The minimum Gasteiger partial charge on any atom is -0.508 e. The summed E-state index contributed by atoms with van der Waals surface area (Å²) in [5.41, 5.74) is 4.42. The highest BCUT2D eigenvalue weighted by Gasteiger charge is 2.06. The van der Waals surface area contributed by atoms with Gasteiger partial charge in [-0.2, -0.15) is 0 Å². The lowest BCUT2D eigenvalue weighted by Crippen LogP contribution is -2.02. The molecule has 3 N–H and O–H groups in total. The van der Waals surface area contributed by atoms with Gasteiger partial charge in [-0.1, -0.05) is 30.3 Å². The smallest absolute Gasteiger partial charge is 0.225 e. The summed E-state index contributed by atoms with van der Waals surface area (Å²) in [4.78, 5) is 34.2. The summed E-state index contributed by atoms with van der Waals surface area (Å²) in [6.45, 7) is 0.699. The zero-order chi connectivity index (χ0) is 25.3. The van der Waals surface area contributed by atoms with E-state index in [1.807, 2.05) is 42.5 Å². The average molecular weight is 479 g/mol. The Morgan fingerprint density at radius 3 is 2.14 bits per heavy atom. The summed E-state index contributed by atoms with van der Waals surface area (Å²) >= 11 is 0. The van der Waals surface area contributed by atoms with E-state index in [4.69, 9.17) is 5.11 Å². The third-order valence-electron chi connectivity index (χ3n) is 5.15. The number of phenols is 2. The van der Waals surface area contributed by atoms with Gasteiger partial charge in [0.25, 0.3) is 0 Å². The third-order valence-corrected chi connectivity index (χ3v) is 5.15. The average Bonchev–Trinajstić information content (AvgIpc) is 2.93. The van der Waals surface area contributed by atoms with E-state index in [-0.39, 0.29) is 23.3 Å². The molecule has 0 fully saturated rings. The fraction of sp³-hybridized carbons (Fsp3) is 0.0357. The molecule has 0 spiro atoms. The molecule has 0 radical (unpaired) electrons. The van der Waals surface area contributed by atoms with E-state index >= 15 is 0 Å². The summed E-state index contributed by atoms with van der Waals surface area (Å²) in [7, 11) is 0. The zero-order valence-electron chi connectivity index (χ0n) is 19.1. The Kier molecular flexibility index (Phi) is 7.57. The van der Waals surface area contributed by atoms with Crippen LogP contribution in [0.3, 0.4) is 0 Å². The van der Waals surface area contributed by atoms with Crippen molar-refractivity contribution in [1.82, 2.24) is 15.0 Å². The number of phenolic OH excluding ortho intramolecular Hbond substituents is 2. The van der Waals surface area contributed by atoms with Crippen LogP contribution in [0.25, 0.3) is 22.4 Å². The molecule has 0 unspecified atom stereocenters. The molecule has 0 aliphatic rings. The lowest BCUT2D eigenvalue weighted by molar-refractivity contribution is -0.104. The van der Waals surface area contributed by atoms with Gasteiger partial charge in [-0.3, -0.25) is 14.6 Å². The summed E-state index contributed by atoms with van der Waals surface area (Å²) < 4.78 is 0. The van der Waals surface area contributed by atoms with Crippen molar-refractivity contribution in [3.05, 3.63) is 108 Å². The van der Waals surface area contributed by atoms with E-state index in [1.165, 1.54) is 29.8 Å². The maximum Gasteiger partial charge on any atom is 0.225 e. The molecule has 0 saturated heterocycles. The number of ketones is 1. The van der Waals surface area contributed by atoms with Crippen LogP contribution in [0.15, 0.2) is 97.2 Å². The highest BCUT2D eigenvalue weighted by Crippen LogP contribution is 2.21. The quantitative estimate of drug-likeness (QED) is 0.181. The van der Waals surface area contributed by atoms with Gasteiger partial charge in [-0.05, 0) is 66.2 Å². The summed E-state index contributed by atoms with van der Waals surface area (Å²) in [5, 5.41) is 21.5. The molecule has 178 valence electrons. The lowest BCUT2D eigenvalue weighted by atomic mass is 10.1. The number of fused-ring (bicyclic) bond motifs is 1. The van der Waals surface area contributed by atoms with Gasteiger partial charge >= 0.3 is 0 Å². The largest absolute Gasteiger partial charge is 0.508 e. The number of anilines is 1. The Bertz CT molecular complexity index is 1470. The van der Waals surface area contributed by atoms with Crippen LogP contribution in [0, 0.1) is 0 Å². The predicted octanol–water partition coefficient (Wildman–Crippen LogP) is 4.78. The maximum atomic E-state index is 10.7. The molecule has 0 amide bonds. The van der Waals surface area contributed by atoms with Gasteiger partial charge in [-0.25, -0.2) is 9.97 Å². The van der Waals surface area contributed by atoms with Crippen molar-refractivity contribution in [3.63, 3.8) is 0 Å². The molecule has 5 aromatic rings. The molecule has 0 saturated carbocycles. The molecular formula is C28H22N4O4. The van der Waals surface area contributed by atoms with Crippen LogP contribution in [0.2, 0.25) is 0 Å². The summed E-state index contributed by atoms with van der Waals surface area (Å²) in [6, 6.07) is 26.4. The second kappa shape index (κ2) is 11.3. The van der Waals surface area contributed by atoms with E-state index in [9.17, 15) is 14.7 Å². The van der Waals surface area contributed by atoms with Crippen LogP contribution >= 0.6 is 0 Å². The molecule has 0 atom stereocenters. The summed E-state index contributed by atoms with van der Waals surface area (Å²) in [6.07, 6.45) is 1.96. The fourth-order valence-corrected chi connectivity index (χ4v) is 3.25. The minimum absolute atomic E-state index is 0.0763. The molecule has 36 heavy (non-hydrogen) atoms. The molecular weight excluding hydrogens is 456 g/mol. The number of aldehydes is 1. The van der Waals surface area contributed by atoms with Crippen molar-refractivity contribution in [1.29, 1.82) is 0 Å². The van der Waals surface area contributed by atoms with Crippen LogP contribution in [-0.4, -0.2) is 37.2 Å². The lowest BCUT2D eigenvalue weighted by Gasteiger charge is -2.07. The van der Waals surface area contributed by atoms with Crippen molar-refractivity contribution in [3.8, 4) is 22.8 Å². The molecule has 2 aromatic heterocycles. The molecule has 5 rings (SSSR count). The number of carbonyl (C=O) groups excluding carboxylic acids is 2. The van der Waals surface area contributed by atoms with Crippen molar-refractivity contribution < 1.29 is 19.8 Å². The number of hydrogen-bond donors (Lipinski definition) is 3. The Hall–Kier alpha value is -5.11. The first-order valence-electron chi connectivity index (χ1n) is 11.0. The number of pyridine rings is 1. The number of benzene rings is 3. The van der Waals surface area contributed by atoms with Gasteiger partial charge in [0.15, 0.2) is 11.9 Å². The molecule has 2 heterocycles. The molecule has 8 heteroatoms. The second-order valence-electron chi connectivity index (χ2n) is 7.71. The number of aromatic nitrogens is 3. The van der Waals surface area contributed by atoms with Crippen LogP contribution in [-0.2, 0) is 11.3 Å². The highest BCUT2D eigenvalue weighted by atomic mass is 16.3. The first-order valence-corrected chi connectivity index (χ1v) is 11.0. The van der Waals surface area contributed by atoms with Crippen molar-refractivity contribution in [2.24, 2.45) is 0 Å². The first-order chi connectivity index (χ1) is 17.5. The zero-order valence-corrected chi connectivity index (χ0v) is 19.1. The minimum atomic E-state index is -0.579. The van der Waals surface area contributed by atoms with E-state index in [0.29, 0.717) is 12.2 Å². The first kappa shape index (κ1) is 24.0. The van der Waals surface area contributed by atoms with Crippen LogP contribution in [0.4, 0.5) is 5.82 Å². The summed E-state index contributed by atoms with van der Waals surface area (Å²) in [5.74, 6) is 0.481. The number of rotatable bonds is 6. The second-order valence-corrected chi connectivity index (χ2v) is 7.71. The highest BCUT2D eigenvalue weighted by molar-refractivity contribution is 6.33. The van der Waals surface area contributed by atoms with E-state index < -0.39 is 5.78 Å². The van der Waals surface area contributed by atoms with E-state index in [1.54, 1.807) is 18.3 Å². The normalized spacial score (nSPS) is 10.2. The molecule has 0 aliphatic heterocycles. The van der Waals surface area contributed by atoms with Crippen molar-refractivity contribution >= 4 is 29.1 Å². The third kappa shape index (κ3) is 6.27. The van der Waals surface area contributed by atoms with Gasteiger partial charge in [0.05, 0.1) is 11.9 Å². The molecule has 3 aromatic carbocycles. The Labute approximate surface area is 207 Å². The standard InChI is InChI=1S/C20H16N4O.C8H6O3/c25-16-8-6-15(7-9-16)18-13-21-17-10-11-19(24-20(17)23-18)22-12-14-4-2-1-3-5-14;9-5-8(11)6-1-3-7(10)4-2-6/h1-11,13,25H,12H2,(H,22,23,24);1-5,10H. The van der Waals surface area contributed by atoms with Gasteiger partial charge < -0.3 is 15.5 Å². The van der Waals surface area contributed by atoms with Gasteiger partial charge in [0, 0.05) is 17.7 Å². The van der Waals surface area contributed by atoms with Crippen LogP contribution < -0.4 is 5.32 Å². The van der Waals surface area contributed by atoms with Crippen LogP contribution in [0.1, 0.15) is 15.9 Å². The fourth-order valence-electron chi connectivity index (χ4n) is 3.25. The van der Waals surface area contributed by atoms with E-state index in [2.05, 4.69) is 32.4 Å². The van der Waals surface area contributed by atoms with Crippen molar-refractivity contribution in [2.45, 2.75) is 6.54 Å². The number of carbonyl (C=O) groups is 2. The number of hydrogen-bond acceptors (Lipinski definition) is 8. The monoisotopic (exact) mass is 478 g/mol. The predicted molar refractivity (Wildman–Crippen MR) is 137 cm³/mol. The van der Waals surface area contributed by atoms with Crippen molar-refractivity contribution in [2.75, 3.05) is 5.32 Å². The topological polar surface area (TPSA) is 125 Å². The maximum absolute atomic E-state index is 10.7. The van der Waals surface area contributed by atoms with Crippen LogP contribution in [0.5, 0.6) is 11.5 Å². The SMILES string of the molecule is O=CC(=O)c1ccc(O)cc1.Oc1ccc(-c2cnc3ccc(NCc4ccccc4)nc3n2)cc1. The van der Waals surface area contributed by atoms with Gasteiger partial charge in [0.2, 0.25) is 5.78 Å². The Morgan fingerprint density at radius 2 is 1.47 bits per heavy atom. The van der Waals surface area contributed by atoms with E-state index in [0.717, 1.165) is 22.6 Å². The Balaban J connectivity index is 0.000000233. The van der Waals surface area contributed by atoms with Gasteiger partial charge in [0.1, 0.15) is 22.8 Å². The molecule has 0 aliphatic carbocycles. The number of nitrogens with one attached hydrogen (secondary N) is 1. The molecule has 0 bridgehead atoms. The molecule has 8 nitrogen and oxygen atoms in total. The van der Waals surface area contributed by atoms with Gasteiger partial charge in [-0.15, -0.1) is 0 Å². The number of Topliss-reactive ketones (excluding diaryl/α,β-unsaturated/α-hetero) is 1. The number of nitrogens with zero attached hydrogens (tertiary/aromatic N) is 3.